The Kier molecular flexibility index (Phi) is 6.05. The van der Waals surface area contributed by atoms with Crippen LogP contribution in [0.5, 0.6) is 0 Å². The summed E-state index contributed by atoms with van der Waals surface area (Å²) in [7, 11) is -0.640. The van der Waals surface area contributed by atoms with Crippen LogP contribution in [-0.2, 0) is 14.8 Å². The Morgan fingerprint density at radius 1 is 1.08 bits per heavy atom. The van der Waals surface area contributed by atoms with E-state index in [4.69, 9.17) is 11.6 Å². The quantitative estimate of drug-likeness (QED) is 0.806. The van der Waals surface area contributed by atoms with Crippen molar-refractivity contribution in [1.29, 1.82) is 0 Å². The van der Waals surface area contributed by atoms with E-state index in [2.05, 4.69) is 10.6 Å². The SMILES string of the molecule is CC(Nc1ccc(Cl)cc1)C(=O)Nc1cccc(S(=O)(=O)N(C)C)c1. The van der Waals surface area contributed by atoms with Gasteiger partial charge in [-0.15, -0.1) is 0 Å². The number of rotatable bonds is 6. The number of nitrogens with zero attached hydrogens (tertiary/aromatic N) is 1. The van der Waals surface area contributed by atoms with Crippen LogP contribution in [0, 0.1) is 0 Å². The summed E-state index contributed by atoms with van der Waals surface area (Å²) in [6.45, 7) is 1.71. The molecule has 1 unspecified atom stereocenters. The van der Waals surface area contributed by atoms with Crippen molar-refractivity contribution < 1.29 is 13.2 Å². The molecule has 0 aliphatic carbocycles. The number of sulfonamides is 1. The zero-order valence-corrected chi connectivity index (χ0v) is 15.7. The van der Waals surface area contributed by atoms with Crippen LogP contribution in [0.1, 0.15) is 6.92 Å². The molecule has 6 nitrogen and oxygen atoms in total. The summed E-state index contributed by atoms with van der Waals surface area (Å²) in [5.74, 6) is -0.283. The van der Waals surface area contributed by atoms with E-state index in [0.29, 0.717) is 10.7 Å². The third-order valence-electron chi connectivity index (χ3n) is 3.50. The lowest BCUT2D eigenvalue weighted by Gasteiger charge is -2.16. The van der Waals surface area contributed by atoms with E-state index in [-0.39, 0.29) is 10.8 Å². The number of anilines is 2. The van der Waals surface area contributed by atoms with Crippen LogP contribution >= 0.6 is 11.6 Å². The van der Waals surface area contributed by atoms with Crippen LogP contribution in [0.25, 0.3) is 0 Å². The van der Waals surface area contributed by atoms with Crippen LogP contribution < -0.4 is 10.6 Å². The van der Waals surface area contributed by atoms with Gasteiger partial charge < -0.3 is 10.6 Å². The molecule has 2 N–H and O–H groups in total. The van der Waals surface area contributed by atoms with Gasteiger partial charge in [0.2, 0.25) is 15.9 Å². The molecule has 8 heteroatoms. The number of carbonyl (C=O) groups excluding carboxylic acids is 1. The number of hydrogen-bond acceptors (Lipinski definition) is 4. The van der Waals surface area contributed by atoms with Gasteiger partial charge in [-0.05, 0) is 49.4 Å². The van der Waals surface area contributed by atoms with Gasteiger partial charge >= 0.3 is 0 Å². The van der Waals surface area contributed by atoms with Crippen molar-refractivity contribution in [1.82, 2.24) is 4.31 Å². The smallest absolute Gasteiger partial charge is 0.246 e. The lowest BCUT2D eigenvalue weighted by Crippen LogP contribution is -2.32. The van der Waals surface area contributed by atoms with Gasteiger partial charge in [0.1, 0.15) is 6.04 Å². The van der Waals surface area contributed by atoms with Crippen molar-refractivity contribution in [3.05, 3.63) is 53.6 Å². The lowest BCUT2D eigenvalue weighted by atomic mass is 10.2. The molecular formula is C17H20ClN3O3S. The monoisotopic (exact) mass is 381 g/mol. The number of nitrogens with one attached hydrogen (secondary N) is 2. The zero-order chi connectivity index (χ0) is 18.6. The van der Waals surface area contributed by atoms with Crippen LogP contribution in [0.3, 0.4) is 0 Å². The van der Waals surface area contributed by atoms with E-state index in [0.717, 1.165) is 9.99 Å². The van der Waals surface area contributed by atoms with Crippen molar-refractivity contribution in [3.63, 3.8) is 0 Å². The molecule has 134 valence electrons. The van der Waals surface area contributed by atoms with Crippen molar-refractivity contribution in [3.8, 4) is 0 Å². The summed E-state index contributed by atoms with van der Waals surface area (Å²) >= 11 is 5.83. The summed E-state index contributed by atoms with van der Waals surface area (Å²) in [6.07, 6.45) is 0. The molecule has 0 aromatic heterocycles. The third-order valence-corrected chi connectivity index (χ3v) is 5.56. The van der Waals surface area contributed by atoms with E-state index in [9.17, 15) is 13.2 Å². The average molecular weight is 382 g/mol. The van der Waals surface area contributed by atoms with Crippen molar-refractivity contribution in [2.75, 3.05) is 24.7 Å². The largest absolute Gasteiger partial charge is 0.374 e. The highest BCUT2D eigenvalue weighted by Crippen LogP contribution is 2.19. The predicted molar refractivity (Wildman–Crippen MR) is 100 cm³/mol. The molecule has 0 radical (unpaired) electrons. The third kappa shape index (κ3) is 4.94. The second kappa shape index (κ2) is 7.86. The molecule has 1 amide bonds. The summed E-state index contributed by atoms with van der Waals surface area (Å²) in [5.41, 5.74) is 1.17. The second-order valence-electron chi connectivity index (χ2n) is 5.68. The maximum atomic E-state index is 12.3. The van der Waals surface area contributed by atoms with E-state index in [1.54, 1.807) is 43.3 Å². The van der Waals surface area contributed by atoms with Gasteiger partial charge in [0, 0.05) is 30.5 Å². The van der Waals surface area contributed by atoms with Crippen LogP contribution in [0.4, 0.5) is 11.4 Å². The Labute approximate surface area is 152 Å². The van der Waals surface area contributed by atoms with Gasteiger partial charge in [-0.1, -0.05) is 17.7 Å². The summed E-state index contributed by atoms with van der Waals surface area (Å²) in [6, 6.07) is 12.6. The number of carbonyl (C=O) groups is 1. The number of benzene rings is 2. The Morgan fingerprint density at radius 3 is 2.32 bits per heavy atom. The highest BCUT2D eigenvalue weighted by Gasteiger charge is 2.18. The zero-order valence-electron chi connectivity index (χ0n) is 14.2. The van der Waals surface area contributed by atoms with Gasteiger partial charge in [-0.25, -0.2) is 12.7 Å². The van der Waals surface area contributed by atoms with Gasteiger partial charge in [-0.2, -0.15) is 0 Å². The lowest BCUT2D eigenvalue weighted by molar-refractivity contribution is -0.116. The first-order valence-electron chi connectivity index (χ1n) is 7.56. The Hall–Kier alpha value is -2.09. The molecular weight excluding hydrogens is 362 g/mol. The summed E-state index contributed by atoms with van der Waals surface area (Å²) in [4.78, 5) is 12.4. The maximum Gasteiger partial charge on any atom is 0.246 e. The first kappa shape index (κ1) is 19.2. The topological polar surface area (TPSA) is 78.5 Å². The summed E-state index contributed by atoms with van der Waals surface area (Å²) < 4.78 is 25.4. The Balaban J connectivity index is 2.08. The van der Waals surface area contributed by atoms with Crippen LogP contribution in [0.2, 0.25) is 5.02 Å². The minimum absolute atomic E-state index is 0.119. The minimum Gasteiger partial charge on any atom is -0.374 e. The molecule has 2 rings (SSSR count). The molecule has 2 aromatic rings. The fraction of sp³-hybridized carbons (Fsp3) is 0.235. The van der Waals surface area contributed by atoms with Gasteiger partial charge in [0.25, 0.3) is 0 Å². The standard InChI is InChI=1S/C17H20ClN3O3S/c1-12(19-14-9-7-13(18)8-10-14)17(22)20-15-5-4-6-16(11-15)25(23,24)21(2)3/h4-12,19H,1-3H3,(H,20,22). The van der Waals surface area contributed by atoms with Crippen LogP contribution in [-0.4, -0.2) is 38.8 Å². The molecule has 0 aliphatic heterocycles. The maximum absolute atomic E-state index is 12.3. The van der Waals surface area contributed by atoms with E-state index in [1.165, 1.54) is 26.2 Å². The highest BCUT2D eigenvalue weighted by molar-refractivity contribution is 7.89. The van der Waals surface area contributed by atoms with Gasteiger partial charge in [-0.3, -0.25) is 4.79 Å². The van der Waals surface area contributed by atoms with Crippen LogP contribution in [0.15, 0.2) is 53.4 Å². The minimum atomic E-state index is -3.55. The van der Waals surface area contributed by atoms with E-state index in [1.807, 2.05) is 0 Å². The first-order chi connectivity index (χ1) is 11.7. The summed E-state index contributed by atoms with van der Waals surface area (Å²) in [5, 5.41) is 6.38. The number of halogens is 1. The van der Waals surface area contributed by atoms with Gasteiger partial charge in [0.15, 0.2) is 0 Å². The molecule has 0 saturated carbocycles. The molecule has 25 heavy (non-hydrogen) atoms. The number of hydrogen-bond donors (Lipinski definition) is 2. The Morgan fingerprint density at radius 2 is 1.72 bits per heavy atom. The van der Waals surface area contributed by atoms with E-state index >= 15 is 0 Å². The predicted octanol–water partition coefficient (Wildman–Crippen LogP) is 3.03. The molecule has 0 heterocycles. The van der Waals surface area contributed by atoms with Crippen molar-refractivity contribution >= 4 is 38.9 Å². The molecule has 2 aromatic carbocycles. The average Bonchev–Trinajstić information content (AvgIpc) is 2.57. The molecule has 0 saturated heterocycles. The van der Waals surface area contributed by atoms with Crippen molar-refractivity contribution in [2.24, 2.45) is 0 Å². The van der Waals surface area contributed by atoms with Gasteiger partial charge in [0.05, 0.1) is 4.90 Å². The molecule has 1 atom stereocenters. The normalized spacial score (nSPS) is 12.7. The molecule has 0 aliphatic rings. The first-order valence-corrected chi connectivity index (χ1v) is 9.37. The molecule has 0 spiro atoms. The van der Waals surface area contributed by atoms with Crippen molar-refractivity contribution in [2.45, 2.75) is 17.9 Å². The molecule has 0 fully saturated rings. The number of amides is 1. The van der Waals surface area contributed by atoms with E-state index < -0.39 is 16.1 Å². The molecule has 0 bridgehead atoms. The second-order valence-corrected chi connectivity index (χ2v) is 8.27. The Bertz CT molecular complexity index is 852. The fourth-order valence-corrected chi connectivity index (χ4v) is 3.13. The highest BCUT2D eigenvalue weighted by atomic mass is 35.5. The fourth-order valence-electron chi connectivity index (χ4n) is 2.06.